The van der Waals surface area contributed by atoms with Gasteiger partial charge in [0.15, 0.2) is 0 Å². The van der Waals surface area contributed by atoms with E-state index in [2.05, 4.69) is 25.9 Å². The summed E-state index contributed by atoms with van der Waals surface area (Å²) in [6, 6.07) is 6.11. The van der Waals surface area contributed by atoms with Gasteiger partial charge >= 0.3 is 6.18 Å². The monoisotopic (exact) mass is 367 g/mol. The highest BCUT2D eigenvalue weighted by molar-refractivity contribution is 5.94. The summed E-state index contributed by atoms with van der Waals surface area (Å²) in [6.45, 7) is 5.06. The van der Waals surface area contributed by atoms with Gasteiger partial charge in [-0.05, 0) is 32.0 Å². The minimum absolute atomic E-state index is 0.0407. The number of hydrogen-bond acceptors (Lipinski definition) is 5. The fourth-order valence-corrected chi connectivity index (χ4v) is 2.21. The number of carbonyl (C=O) groups is 1. The van der Waals surface area contributed by atoms with Crippen LogP contribution in [-0.2, 0) is 6.18 Å². The van der Waals surface area contributed by atoms with Gasteiger partial charge in [0.05, 0.1) is 5.56 Å². The average Bonchev–Trinajstić information content (AvgIpc) is 2.58. The zero-order valence-electron chi connectivity index (χ0n) is 14.4. The van der Waals surface area contributed by atoms with Crippen LogP contribution in [-0.4, -0.2) is 35.5 Å². The Kier molecular flexibility index (Phi) is 6.37. The highest BCUT2D eigenvalue weighted by Crippen LogP contribution is 2.29. The van der Waals surface area contributed by atoms with E-state index in [1.54, 1.807) is 0 Å². The Hall–Kier alpha value is -2.84. The van der Waals surface area contributed by atoms with E-state index in [0.29, 0.717) is 18.3 Å². The molecule has 6 nitrogen and oxygen atoms in total. The van der Waals surface area contributed by atoms with Gasteiger partial charge in [-0.1, -0.05) is 6.07 Å². The Bertz CT molecular complexity index is 764. The van der Waals surface area contributed by atoms with Crippen LogP contribution in [0.3, 0.4) is 0 Å². The van der Waals surface area contributed by atoms with Crippen molar-refractivity contribution in [2.75, 3.05) is 30.3 Å². The lowest BCUT2D eigenvalue weighted by molar-refractivity contribution is -0.137. The number of hydrogen-bond donors (Lipinski definition) is 3. The standard InChI is InChI=1S/C17H20F3N5O/c1-3-21-14-9-11(2)24-16(25-14)23-8-7-22-15(26)12-5-4-6-13(10-12)17(18,19)20/h4-6,9-10H,3,7-8H2,1-2H3,(H,22,26)(H2,21,23,24,25). The third-order valence-electron chi connectivity index (χ3n) is 3.36. The van der Waals surface area contributed by atoms with Crippen molar-refractivity contribution in [2.45, 2.75) is 20.0 Å². The Labute approximate surface area is 149 Å². The number of alkyl halides is 3. The lowest BCUT2D eigenvalue weighted by Gasteiger charge is -2.11. The maximum Gasteiger partial charge on any atom is 0.416 e. The van der Waals surface area contributed by atoms with Gasteiger partial charge in [0.1, 0.15) is 5.82 Å². The lowest BCUT2D eigenvalue weighted by atomic mass is 10.1. The van der Waals surface area contributed by atoms with Crippen LogP contribution in [0, 0.1) is 6.92 Å². The van der Waals surface area contributed by atoms with Crippen molar-refractivity contribution in [3.63, 3.8) is 0 Å². The third kappa shape index (κ3) is 5.61. The van der Waals surface area contributed by atoms with E-state index >= 15 is 0 Å². The molecule has 1 aromatic heterocycles. The number of nitrogens with one attached hydrogen (secondary N) is 3. The third-order valence-corrected chi connectivity index (χ3v) is 3.36. The number of nitrogens with zero attached hydrogens (tertiary/aromatic N) is 2. The summed E-state index contributed by atoms with van der Waals surface area (Å²) in [5.41, 5.74) is -0.111. The first-order chi connectivity index (χ1) is 12.3. The zero-order chi connectivity index (χ0) is 19.2. The highest BCUT2D eigenvalue weighted by atomic mass is 19.4. The molecule has 0 saturated heterocycles. The summed E-state index contributed by atoms with van der Waals surface area (Å²) in [6.07, 6.45) is -4.48. The molecule has 1 amide bonds. The fraction of sp³-hybridized carbons (Fsp3) is 0.353. The highest BCUT2D eigenvalue weighted by Gasteiger charge is 2.30. The van der Waals surface area contributed by atoms with Crippen LogP contribution in [0.5, 0.6) is 0 Å². The van der Waals surface area contributed by atoms with Gasteiger partial charge in [0.25, 0.3) is 5.91 Å². The molecule has 1 heterocycles. The topological polar surface area (TPSA) is 78.9 Å². The van der Waals surface area contributed by atoms with Crippen molar-refractivity contribution in [1.82, 2.24) is 15.3 Å². The Morgan fingerprint density at radius 3 is 2.58 bits per heavy atom. The molecular formula is C17H20F3N5O. The van der Waals surface area contributed by atoms with Crippen LogP contribution in [0.1, 0.15) is 28.5 Å². The van der Waals surface area contributed by atoms with Gasteiger partial charge in [-0.2, -0.15) is 18.2 Å². The number of anilines is 2. The molecule has 0 bridgehead atoms. The second-order valence-corrected chi connectivity index (χ2v) is 5.51. The van der Waals surface area contributed by atoms with Gasteiger partial charge in [0.2, 0.25) is 5.95 Å². The van der Waals surface area contributed by atoms with E-state index in [1.807, 2.05) is 19.9 Å². The van der Waals surface area contributed by atoms with E-state index in [-0.39, 0.29) is 12.1 Å². The van der Waals surface area contributed by atoms with E-state index in [4.69, 9.17) is 0 Å². The smallest absolute Gasteiger partial charge is 0.370 e. The zero-order valence-corrected chi connectivity index (χ0v) is 14.4. The quantitative estimate of drug-likeness (QED) is 0.656. The molecule has 0 fully saturated rings. The summed E-state index contributed by atoms with van der Waals surface area (Å²) in [4.78, 5) is 20.5. The molecule has 0 aliphatic heterocycles. The predicted octanol–water partition coefficient (Wildman–Crippen LogP) is 3.08. The first-order valence-corrected chi connectivity index (χ1v) is 8.08. The minimum atomic E-state index is -4.48. The number of aryl methyl sites for hydroxylation is 1. The summed E-state index contributed by atoms with van der Waals surface area (Å²) >= 11 is 0. The molecule has 0 atom stereocenters. The summed E-state index contributed by atoms with van der Waals surface area (Å²) in [7, 11) is 0. The van der Waals surface area contributed by atoms with E-state index in [1.165, 1.54) is 12.1 Å². The minimum Gasteiger partial charge on any atom is -0.370 e. The van der Waals surface area contributed by atoms with E-state index in [9.17, 15) is 18.0 Å². The molecule has 9 heteroatoms. The number of benzene rings is 1. The molecule has 0 spiro atoms. The van der Waals surface area contributed by atoms with Crippen LogP contribution in [0.25, 0.3) is 0 Å². The van der Waals surface area contributed by atoms with Crippen LogP contribution >= 0.6 is 0 Å². The molecule has 2 aromatic rings. The molecular weight excluding hydrogens is 347 g/mol. The summed E-state index contributed by atoms with van der Waals surface area (Å²) in [5, 5.41) is 8.62. The van der Waals surface area contributed by atoms with Crippen molar-refractivity contribution >= 4 is 17.7 Å². The van der Waals surface area contributed by atoms with Crippen molar-refractivity contribution < 1.29 is 18.0 Å². The van der Waals surface area contributed by atoms with Crippen LogP contribution in [0.2, 0.25) is 0 Å². The Balaban J connectivity index is 1.87. The average molecular weight is 367 g/mol. The van der Waals surface area contributed by atoms with Crippen LogP contribution < -0.4 is 16.0 Å². The molecule has 0 radical (unpaired) electrons. The fourth-order valence-electron chi connectivity index (χ4n) is 2.21. The molecule has 3 N–H and O–H groups in total. The Morgan fingerprint density at radius 2 is 1.88 bits per heavy atom. The lowest BCUT2D eigenvalue weighted by Crippen LogP contribution is -2.29. The number of halogens is 3. The molecule has 0 unspecified atom stereocenters. The molecule has 26 heavy (non-hydrogen) atoms. The first kappa shape index (κ1) is 19.5. The van der Waals surface area contributed by atoms with E-state index < -0.39 is 17.6 Å². The second kappa shape index (κ2) is 8.50. The normalized spacial score (nSPS) is 11.1. The van der Waals surface area contributed by atoms with Crippen molar-refractivity contribution in [1.29, 1.82) is 0 Å². The Morgan fingerprint density at radius 1 is 1.12 bits per heavy atom. The predicted molar refractivity (Wildman–Crippen MR) is 93.2 cm³/mol. The molecule has 0 aliphatic carbocycles. The van der Waals surface area contributed by atoms with Gasteiger partial charge in [-0.25, -0.2) is 4.98 Å². The van der Waals surface area contributed by atoms with Crippen molar-refractivity contribution in [3.8, 4) is 0 Å². The maximum absolute atomic E-state index is 12.7. The van der Waals surface area contributed by atoms with E-state index in [0.717, 1.165) is 24.4 Å². The number of rotatable bonds is 7. The molecule has 0 aliphatic rings. The van der Waals surface area contributed by atoms with Crippen LogP contribution in [0.4, 0.5) is 24.9 Å². The molecule has 2 rings (SSSR count). The van der Waals surface area contributed by atoms with Crippen LogP contribution in [0.15, 0.2) is 30.3 Å². The number of amides is 1. The number of carbonyl (C=O) groups excluding carboxylic acids is 1. The van der Waals surface area contributed by atoms with Gasteiger partial charge < -0.3 is 16.0 Å². The second-order valence-electron chi connectivity index (χ2n) is 5.51. The number of aromatic nitrogens is 2. The van der Waals surface area contributed by atoms with Crippen molar-refractivity contribution in [2.24, 2.45) is 0 Å². The molecule has 140 valence electrons. The van der Waals surface area contributed by atoms with Gasteiger partial charge in [-0.3, -0.25) is 4.79 Å². The van der Waals surface area contributed by atoms with Crippen molar-refractivity contribution in [3.05, 3.63) is 47.2 Å². The summed E-state index contributed by atoms with van der Waals surface area (Å²) in [5.74, 6) is 0.529. The first-order valence-electron chi connectivity index (χ1n) is 8.08. The SMILES string of the molecule is CCNc1cc(C)nc(NCCNC(=O)c2cccc(C(F)(F)F)c2)n1. The van der Waals surface area contributed by atoms with Gasteiger partial charge in [0, 0.05) is 37.0 Å². The van der Waals surface area contributed by atoms with Gasteiger partial charge in [-0.15, -0.1) is 0 Å². The molecule has 0 saturated carbocycles. The molecule has 1 aromatic carbocycles. The summed E-state index contributed by atoms with van der Waals surface area (Å²) < 4.78 is 38.1. The maximum atomic E-state index is 12.7. The largest absolute Gasteiger partial charge is 0.416 e.